The standard InChI is InChI=1S/C13H13Cl2N3O/c14-9-2-1-8(11(15)6-9)5-12-17-13(19-18-12)7-16-10-3-4-10/h1-2,6,10,16H,3-5,7H2. The average molecular weight is 298 g/mol. The SMILES string of the molecule is Clc1ccc(Cc2noc(CNC3CC3)n2)c(Cl)c1. The summed E-state index contributed by atoms with van der Waals surface area (Å²) in [6, 6.07) is 6.02. The number of rotatable bonds is 5. The maximum atomic E-state index is 6.11. The molecule has 100 valence electrons. The first-order valence-electron chi connectivity index (χ1n) is 6.19. The predicted octanol–water partition coefficient (Wildman–Crippen LogP) is 3.22. The molecule has 1 N–H and O–H groups in total. The summed E-state index contributed by atoms with van der Waals surface area (Å²) < 4.78 is 5.19. The molecule has 0 saturated heterocycles. The Morgan fingerprint density at radius 2 is 2.16 bits per heavy atom. The minimum Gasteiger partial charge on any atom is -0.338 e. The molecule has 0 aliphatic heterocycles. The molecule has 0 radical (unpaired) electrons. The zero-order chi connectivity index (χ0) is 13.2. The Morgan fingerprint density at radius 1 is 1.32 bits per heavy atom. The second kappa shape index (κ2) is 5.49. The van der Waals surface area contributed by atoms with E-state index >= 15 is 0 Å². The van der Waals surface area contributed by atoms with E-state index in [4.69, 9.17) is 27.7 Å². The van der Waals surface area contributed by atoms with Crippen LogP contribution in [0.25, 0.3) is 0 Å². The first-order valence-corrected chi connectivity index (χ1v) is 6.95. The maximum absolute atomic E-state index is 6.11. The van der Waals surface area contributed by atoms with Crippen molar-refractivity contribution in [2.45, 2.75) is 31.8 Å². The maximum Gasteiger partial charge on any atom is 0.240 e. The van der Waals surface area contributed by atoms with Crippen LogP contribution in [-0.2, 0) is 13.0 Å². The molecule has 1 fully saturated rings. The fraction of sp³-hybridized carbons (Fsp3) is 0.385. The second-order valence-electron chi connectivity index (χ2n) is 4.67. The number of hydrogen-bond donors (Lipinski definition) is 1. The smallest absolute Gasteiger partial charge is 0.240 e. The number of aromatic nitrogens is 2. The van der Waals surface area contributed by atoms with Gasteiger partial charge in [0.05, 0.1) is 6.54 Å². The van der Waals surface area contributed by atoms with Gasteiger partial charge >= 0.3 is 0 Å². The van der Waals surface area contributed by atoms with E-state index < -0.39 is 0 Å². The van der Waals surface area contributed by atoms with E-state index in [2.05, 4.69) is 15.5 Å². The van der Waals surface area contributed by atoms with Crippen LogP contribution in [0.15, 0.2) is 22.7 Å². The van der Waals surface area contributed by atoms with Crippen LogP contribution in [0.5, 0.6) is 0 Å². The zero-order valence-corrected chi connectivity index (χ0v) is 11.7. The van der Waals surface area contributed by atoms with Crippen LogP contribution in [0.1, 0.15) is 30.1 Å². The molecule has 6 heteroatoms. The monoisotopic (exact) mass is 297 g/mol. The van der Waals surface area contributed by atoms with Crippen LogP contribution in [0.2, 0.25) is 10.0 Å². The molecule has 1 aliphatic carbocycles. The molecular formula is C13H13Cl2N3O. The van der Waals surface area contributed by atoms with Crippen LogP contribution in [-0.4, -0.2) is 16.2 Å². The van der Waals surface area contributed by atoms with Gasteiger partial charge in [-0.05, 0) is 30.5 Å². The second-order valence-corrected chi connectivity index (χ2v) is 5.52. The van der Waals surface area contributed by atoms with E-state index in [1.54, 1.807) is 12.1 Å². The summed E-state index contributed by atoms with van der Waals surface area (Å²) in [4.78, 5) is 4.34. The highest BCUT2D eigenvalue weighted by atomic mass is 35.5. The van der Waals surface area contributed by atoms with Gasteiger partial charge in [-0.3, -0.25) is 0 Å². The molecule has 0 amide bonds. The average Bonchev–Trinajstić information content (AvgIpc) is 3.10. The lowest BCUT2D eigenvalue weighted by atomic mass is 10.1. The molecule has 0 spiro atoms. The molecule has 2 aromatic rings. The van der Waals surface area contributed by atoms with Gasteiger partial charge in [0, 0.05) is 22.5 Å². The Kier molecular flexibility index (Phi) is 3.73. The molecule has 1 saturated carbocycles. The number of halogens is 2. The van der Waals surface area contributed by atoms with Crippen molar-refractivity contribution in [3.63, 3.8) is 0 Å². The molecular weight excluding hydrogens is 285 g/mol. The largest absolute Gasteiger partial charge is 0.338 e. The van der Waals surface area contributed by atoms with Crippen molar-refractivity contribution in [3.05, 3.63) is 45.5 Å². The third kappa shape index (κ3) is 3.47. The van der Waals surface area contributed by atoms with Gasteiger partial charge in [0.25, 0.3) is 0 Å². The summed E-state index contributed by atoms with van der Waals surface area (Å²) in [6.45, 7) is 0.631. The van der Waals surface area contributed by atoms with Gasteiger partial charge in [0.15, 0.2) is 5.82 Å². The minimum absolute atomic E-state index is 0.545. The lowest BCUT2D eigenvalue weighted by molar-refractivity contribution is 0.363. The fourth-order valence-electron chi connectivity index (χ4n) is 1.79. The van der Waals surface area contributed by atoms with Gasteiger partial charge in [0.1, 0.15) is 0 Å². The summed E-state index contributed by atoms with van der Waals surface area (Å²) in [5.41, 5.74) is 0.938. The van der Waals surface area contributed by atoms with E-state index in [0.717, 1.165) is 5.56 Å². The van der Waals surface area contributed by atoms with Crippen molar-refractivity contribution in [3.8, 4) is 0 Å². The van der Waals surface area contributed by atoms with Crippen molar-refractivity contribution in [2.75, 3.05) is 0 Å². The van der Waals surface area contributed by atoms with E-state index in [0.29, 0.717) is 40.8 Å². The molecule has 3 rings (SSSR count). The van der Waals surface area contributed by atoms with Crippen molar-refractivity contribution in [2.24, 2.45) is 0 Å². The summed E-state index contributed by atoms with van der Waals surface area (Å²) in [6.07, 6.45) is 3.02. The van der Waals surface area contributed by atoms with E-state index in [9.17, 15) is 0 Å². The fourth-order valence-corrected chi connectivity index (χ4v) is 2.26. The van der Waals surface area contributed by atoms with Crippen molar-refractivity contribution in [1.82, 2.24) is 15.5 Å². The molecule has 19 heavy (non-hydrogen) atoms. The summed E-state index contributed by atoms with van der Waals surface area (Å²) in [7, 11) is 0. The molecule has 1 aromatic heterocycles. The first-order chi connectivity index (χ1) is 9.20. The molecule has 1 aliphatic rings. The van der Waals surface area contributed by atoms with Crippen molar-refractivity contribution in [1.29, 1.82) is 0 Å². The van der Waals surface area contributed by atoms with Gasteiger partial charge in [0.2, 0.25) is 5.89 Å². The van der Waals surface area contributed by atoms with Gasteiger partial charge in [-0.2, -0.15) is 4.98 Å². The summed E-state index contributed by atoms with van der Waals surface area (Å²) in [5.74, 6) is 1.25. The van der Waals surface area contributed by atoms with Crippen LogP contribution in [0.3, 0.4) is 0 Å². The van der Waals surface area contributed by atoms with Crippen molar-refractivity contribution >= 4 is 23.2 Å². The van der Waals surface area contributed by atoms with E-state index in [-0.39, 0.29) is 0 Å². The number of nitrogens with zero attached hydrogens (tertiary/aromatic N) is 2. The highest BCUT2D eigenvalue weighted by Gasteiger charge is 2.21. The predicted molar refractivity (Wildman–Crippen MR) is 73.4 cm³/mol. The summed E-state index contributed by atoms with van der Waals surface area (Å²) in [5, 5.41) is 8.53. The number of hydrogen-bond acceptors (Lipinski definition) is 4. The van der Waals surface area contributed by atoms with Gasteiger partial charge < -0.3 is 9.84 Å². The van der Waals surface area contributed by atoms with Crippen LogP contribution in [0.4, 0.5) is 0 Å². The van der Waals surface area contributed by atoms with Gasteiger partial charge in [-0.1, -0.05) is 34.4 Å². The van der Waals surface area contributed by atoms with E-state index in [1.165, 1.54) is 12.8 Å². The van der Waals surface area contributed by atoms with E-state index in [1.807, 2.05) is 6.07 Å². The zero-order valence-electron chi connectivity index (χ0n) is 10.2. The van der Waals surface area contributed by atoms with Crippen LogP contribution in [0, 0.1) is 0 Å². The third-order valence-corrected chi connectivity index (χ3v) is 3.58. The topological polar surface area (TPSA) is 51.0 Å². The highest BCUT2D eigenvalue weighted by molar-refractivity contribution is 6.35. The number of nitrogens with one attached hydrogen (secondary N) is 1. The number of benzene rings is 1. The first kappa shape index (κ1) is 12.9. The van der Waals surface area contributed by atoms with Gasteiger partial charge in [-0.25, -0.2) is 0 Å². The lowest BCUT2D eigenvalue weighted by Gasteiger charge is -2.00. The Balaban J connectivity index is 1.65. The quantitative estimate of drug-likeness (QED) is 0.921. The van der Waals surface area contributed by atoms with Gasteiger partial charge in [-0.15, -0.1) is 0 Å². The molecule has 0 unspecified atom stereocenters. The normalized spacial score (nSPS) is 14.8. The summed E-state index contributed by atoms with van der Waals surface area (Å²) >= 11 is 12.0. The molecule has 0 atom stereocenters. The lowest BCUT2D eigenvalue weighted by Crippen LogP contribution is -2.15. The Hall–Kier alpha value is -1.10. The Morgan fingerprint density at radius 3 is 2.89 bits per heavy atom. The molecule has 4 nitrogen and oxygen atoms in total. The molecule has 0 bridgehead atoms. The van der Waals surface area contributed by atoms with Crippen LogP contribution >= 0.6 is 23.2 Å². The molecule has 1 aromatic carbocycles. The van der Waals surface area contributed by atoms with Crippen molar-refractivity contribution < 1.29 is 4.52 Å². The molecule has 1 heterocycles. The minimum atomic E-state index is 0.545. The Bertz CT molecular complexity index is 581. The van der Waals surface area contributed by atoms with Crippen LogP contribution < -0.4 is 5.32 Å². The Labute approximate surface area is 121 Å². The third-order valence-electron chi connectivity index (χ3n) is 2.99. The highest BCUT2D eigenvalue weighted by Crippen LogP contribution is 2.23.